The Hall–Kier alpha value is -2.01. The van der Waals surface area contributed by atoms with Gasteiger partial charge in [-0.1, -0.05) is 25.1 Å². The number of nitrogens with zero attached hydrogens (tertiary/aromatic N) is 2. The van der Waals surface area contributed by atoms with Crippen LogP contribution in [0.1, 0.15) is 18.2 Å². The Morgan fingerprint density at radius 1 is 1.26 bits per heavy atom. The summed E-state index contributed by atoms with van der Waals surface area (Å²) in [5.41, 5.74) is 1.30. The molecular formula is C14H16FN3O. The number of rotatable bonds is 6. The zero-order valence-corrected chi connectivity index (χ0v) is 10.8. The lowest BCUT2D eigenvalue weighted by molar-refractivity contribution is 0.285. The summed E-state index contributed by atoms with van der Waals surface area (Å²) in [7, 11) is 0. The van der Waals surface area contributed by atoms with E-state index in [0.29, 0.717) is 18.0 Å². The quantitative estimate of drug-likeness (QED) is 0.866. The molecule has 100 valence electrons. The van der Waals surface area contributed by atoms with E-state index in [0.717, 1.165) is 12.2 Å². The maximum Gasteiger partial charge on any atom is 0.232 e. The molecule has 0 radical (unpaired) electrons. The van der Waals surface area contributed by atoms with E-state index in [1.165, 1.54) is 12.3 Å². The fraction of sp³-hybridized carbons (Fsp3) is 0.286. The van der Waals surface area contributed by atoms with E-state index >= 15 is 0 Å². The maximum atomic E-state index is 13.4. The predicted octanol–water partition coefficient (Wildman–Crippen LogP) is 2.30. The lowest BCUT2D eigenvalue weighted by atomic mass is 10.2. The number of ether oxygens (including phenoxy) is 1. The lowest BCUT2D eigenvalue weighted by Gasteiger charge is -2.07. The Labute approximate surface area is 111 Å². The molecule has 2 aromatic rings. The van der Waals surface area contributed by atoms with Gasteiger partial charge in [-0.25, -0.2) is 9.37 Å². The average molecular weight is 261 g/mol. The molecule has 0 spiro atoms. The maximum absolute atomic E-state index is 13.4. The molecule has 0 bridgehead atoms. The van der Waals surface area contributed by atoms with E-state index in [4.69, 9.17) is 4.74 Å². The van der Waals surface area contributed by atoms with E-state index in [1.54, 1.807) is 24.4 Å². The van der Waals surface area contributed by atoms with E-state index in [9.17, 15) is 4.39 Å². The van der Waals surface area contributed by atoms with Crippen LogP contribution in [0.2, 0.25) is 0 Å². The fourth-order valence-electron chi connectivity index (χ4n) is 1.56. The minimum Gasteiger partial charge on any atom is -0.472 e. The predicted molar refractivity (Wildman–Crippen MR) is 70.1 cm³/mol. The van der Waals surface area contributed by atoms with Crippen molar-refractivity contribution in [1.29, 1.82) is 0 Å². The average Bonchev–Trinajstić information content (AvgIpc) is 2.45. The van der Waals surface area contributed by atoms with Gasteiger partial charge in [0.1, 0.15) is 12.4 Å². The van der Waals surface area contributed by atoms with Gasteiger partial charge in [-0.2, -0.15) is 0 Å². The highest BCUT2D eigenvalue weighted by Crippen LogP contribution is 2.11. The number of benzene rings is 1. The first kappa shape index (κ1) is 13.4. The van der Waals surface area contributed by atoms with Gasteiger partial charge in [0.05, 0.1) is 11.9 Å². The molecule has 0 amide bonds. The molecule has 0 saturated carbocycles. The fourth-order valence-corrected chi connectivity index (χ4v) is 1.56. The molecule has 1 heterocycles. The smallest absolute Gasteiger partial charge is 0.232 e. The third-order valence-corrected chi connectivity index (χ3v) is 2.55. The minimum absolute atomic E-state index is 0.145. The number of nitrogens with one attached hydrogen (secondary N) is 1. The first-order valence-corrected chi connectivity index (χ1v) is 6.17. The molecule has 0 unspecified atom stereocenters. The van der Waals surface area contributed by atoms with Gasteiger partial charge >= 0.3 is 0 Å². The lowest BCUT2D eigenvalue weighted by Crippen LogP contribution is -2.13. The van der Waals surface area contributed by atoms with E-state index in [1.807, 2.05) is 6.92 Å². The third-order valence-electron chi connectivity index (χ3n) is 2.55. The van der Waals surface area contributed by atoms with Gasteiger partial charge in [0.25, 0.3) is 0 Å². The summed E-state index contributed by atoms with van der Waals surface area (Å²) in [6.45, 7) is 3.67. The molecule has 1 aromatic carbocycles. The van der Waals surface area contributed by atoms with Crippen LogP contribution < -0.4 is 10.1 Å². The molecular weight excluding hydrogens is 245 g/mol. The highest BCUT2D eigenvalue weighted by Gasteiger charge is 2.03. The van der Waals surface area contributed by atoms with Crippen molar-refractivity contribution in [1.82, 2.24) is 15.3 Å². The molecule has 4 nitrogen and oxygen atoms in total. The molecule has 0 aliphatic heterocycles. The Bertz CT molecular complexity index is 534. The van der Waals surface area contributed by atoms with E-state index < -0.39 is 0 Å². The van der Waals surface area contributed by atoms with Crippen molar-refractivity contribution >= 4 is 0 Å². The number of hydrogen-bond acceptors (Lipinski definition) is 4. The third kappa shape index (κ3) is 3.99. The number of hydrogen-bond donors (Lipinski definition) is 1. The molecule has 5 heteroatoms. The van der Waals surface area contributed by atoms with Gasteiger partial charge in [0, 0.05) is 18.3 Å². The van der Waals surface area contributed by atoms with Gasteiger partial charge in [0.2, 0.25) is 5.88 Å². The Kier molecular flexibility index (Phi) is 4.80. The topological polar surface area (TPSA) is 47.0 Å². The molecule has 2 rings (SSSR count). The Balaban J connectivity index is 1.98. The van der Waals surface area contributed by atoms with Crippen molar-refractivity contribution in [2.75, 3.05) is 6.54 Å². The molecule has 0 saturated heterocycles. The van der Waals surface area contributed by atoms with Crippen LogP contribution in [0.5, 0.6) is 5.88 Å². The summed E-state index contributed by atoms with van der Waals surface area (Å²) in [4.78, 5) is 8.34. The molecule has 1 N–H and O–H groups in total. The summed E-state index contributed by atoms with van der Waals surface area (Å²) in [6, 6.07) is 6.52. The first-order valence-electron chi connectivity index (χ1n) is 6.17. The molecule has 0 aliphatic rings. The zero-order valence-electron chi connectivity index (χ0n) is 10.8. The van der Waals surface area contributed by atoms with E-state index in [-0.39, 0.29) is 12.4 Å². The second-order valence-corrected chi connectivity index (χ2v) is 4.01. The summed E-state index contributed by atoms with van der Waals surface area (Å²) < 4.78 is 18.9. The SMILES string of the molecule is CCNCc1cncc(OCc2ccccc2F)n1. The second kappa shape index (κ2) is 6.80. The summed E-state index contributed by atoms with van der Waals surface area (Å²) in [6.07, 6.45) is 3.20. The van der Waals surface area contributed by atoms with Gasteiger partial charge in [0.15, 0.2) is 0 Å². The monoisotopic (exact) mass is 261 g/mol. The molecule has 1 aromatic heterocycles. The Morgan fingerprint density at radius 2 is 2.11 bits per heavy atom. The van der Waals surface area contributed by atoms with Crippen molar-refractivity contribution in [3.05, 3.63) is 53.7 Å². The van der Waals surface area contributed by atoms with E-state index in [2.05, 4.69) is 15.3 Å². The van der Waals surface area contributed by atoms with Crippen molar-refractivity contribution in [3.63, 3.8) is 0 Å². The largest absolute Gasteiger partial charge is 0.472 e. The molecule has 0 atom stereocenters. The van der Waals surface area contributed by atoms with Crippen molar-refractivity contribution < 1.29 is 9.13 Å². The van der Waals surface area contributed by atoms with Crippen molar-refractivity contribution in [2.24, 2.45) is 0 Å². The number of halogens is 1. The van der Waals surface area contributed by atoms with Crippen LogP contribution in [0.25, 0.3) is 0 Å². The second-order valence-electron chi connectivity index (χ2n) is 4.01. The molecule has 0 aliphatic carbocycles. The normalized spacial score (nSPS) is 10.4. The van der Waals surface area contributed by atoms with Gasteiger partial charge in [-0.15, -0.1) is 0 Å². The summed E-state index contributed by atoms with van der Waals surface area (Å²) >= 11 is 0. The standard InChI is InChI=1S/C14H16FN3O/c1-2-16-7-12-8-17-9-14(18-12)19-10-11-5-3-4-6-13(11)15/h3-6,8-9,16H,2,7,10H2,1H3. The first-order chi connectivity index (χ1) is 9.29. The van der Waals surface area contributed by atoms with Gasteiger partial charge < -0.3 is 10.1 Å². The highest BCUT2D eigenvalue weighted by molar-refractivity contribution is 5.17. The van der Waals surface area contributed by atoms with Crippen LogP contribution in [0.15, 0.2) is 36.7 Å². The van der Waals surface area contributed by atoms with Crippen molar-refractivity contribution in [3.8, 4) is 5.88 Å². The molecule has 19 heavy (non-hydrogen) atoms. The highest BCUT2D eigenvalue weighted by atomic mass is 19.1. The van der Waals surface area contributed by atoms with Crippen LogP contribution in [0, 0.1) is 5.82 Å². The minimum atomic E-state index is -0.278. The van der Waals surface area contributed by atoms with Crippen LogP contribution in [0.4, 0.5) is 4.39 Å². The van der Waals surface area contributed by atoms with Crippen LogP contribution in [-0.2, 0) is 13.2 Å². The zero-order chi connectivity index (χ0) is 13.5. The Morgan fingerprint density at radius 3 is 2.89 bits per heavy atom. The summed E-state index contributed by atoms with van der Waals surface area (Å²) in [5, 5.41) is 3.16. The van der Waals surface area contributed by atoms with Gasteiger partial charge in [-0.05, 0) is 12.6 Å². The molecule has 0 fully saturated rings. The number of aromatic nitrogens is 2. The summed E-state index contributed by atoms with van der Waals surface area (Å²) in [5.74, 6) is 0.123. The van der Waals surface area contributed by atoms with Crippen LogP contribution in [0.3, 0.4) is 0 Å². The van der Waals surface area contributed by atoms with Crippen molar-refractivity contribution in [2.45, 2.75) is 20.1 Å². The van der Waals surface area contributed by atoms with Gasteiger partial charge in [-0.3, -0.25) is 4.98 Å². The van der Waals surface area contributed by atoms with Crippen LogP contribution >= 0.6 is 0 Å². The van der Waals surface area contributed by atoms with Crippen LogP contribution in [-0.4, -0.2) is 16.5 Å².